The highest BCUT2D eigenvalue weighted by Crippen LogP contribution is 2.16. The smallest absolute Gasteiger partial charge is 0.0342 e. The lowest BCUT2D eigenvalue weighted by Crippen LogP contribution is -2.20. The number of hydrogen-bond acceptors (Lipinski definition) is 1. The average Bonchev–Trinajstić information content (AvgIpc) is 2.17. The van der Waals surface area contributed by atoms with Crippen LogP contribution < -0.4 is 5.32 Å². The first-order valence-corrected chi connectivity index (χ1v) is 5.22. The third-order valence-electron chi connectivity index (χ3n) is 2.19. The number of hydrogen-bond donors (Lipinski definition) is 1. The summed E-state index contributed by atoms with van der Waals surface area (Å²) in [4.78, 5) is 0. The molecule has 80 valence electrons. The van der Waals surface area contributed by atoms with Crippen LogP contribution in [0.3, 0.4) is 0 Å². The molecule has 0 saturated carbocycles. The normalized spacial score (nSPS) is 10.1. The van der Waals surface area contributed by atoms with Crippen LogP contribution >= 0.6 is 0 Å². The van der Waals surface area contributed by atoms with E-state index in [1.165, 1.54) is 5.56 Å². The van der Waals surface area contributed by atoms with E-state index in [9.17, 15) is 0 Å². The molecule has 1 nitrogen and oxygen atoms in total. The van der Waals surface area contributed by atoms with Crippen LogP contribution in [-0.2, 0) is 0 Å². The monoisotopic (exact) mass is 201 g/mol. The molecule has 1 heteroatoms. The third-order valence-corrected chi connectivity index (χ3v) is 2.19. The molecular weight excluding hydrogens is 182 g/mol. The fourth-order valence-electron chi connectivity index (χ4n) is 1.39. The van der Waals surface area contributed by atoms with Gasteiger partial charge in [-0.15, -0.1) is 0 Å². The van der Waals surface area contributed by atoms with E-state index in [2.05, 4.69) is 56.6 Å². The van der Waals surface area contributed by atoms with Gasteiger partial charge >= 0.3 is 0 Å². The quantitative estimate of drug-likeness (QED) is 0.783. The van der Waals surface area contributed by atoms with Gasteiger partial charge in [-0.25, -0.2) is 0 Å². The van der Waals surface area contributed by atoms with Crippen molar-refractivity contribution in [3.05, 3.63) is 48.6 Å². The zero-order chi connectivity index (χ0) is 11.4. The van der Waals surface area contributed by atoms with Crippen molar-refractivity contribution in [2.75, 3.05) is 0 Å². The Morgan fingerprint density at radius 3 is 1.93 bits per heavy atom. The summed E-state index contributed by atoms with van der Waals surface area (Å²) in [5.74, 6) is 0. The summed E-state index contributed by atoms with van der Waals surface area (Å²) in [6.07, 6.45) is 0. The first-order valence-electron chi connectivity index (χ1n) is 5.22. The van der Waals surface area contributed by atoms with Crippen molar-refractivity contribution in [2.45, 2.75) is 26.8 Å². The van der Waals surface area contributed by atoms with Crippen LogP contribution in [0.4, 0.5) is 0 Å². The molecule has 0 heterocycles. The van der Waals surface area contributed by atoms with Crippen LogP contribution in [0.2, 0.25) is 0 Å². The van der Waals surface area contributed by atoms with Gasteiger partial charge in [-0.1, -0.05) is 43.0 Å². The van der Waals surface area contributed by atoms with Crippen LogP contribution in [0.1, 0.15) is 31.9 Å². The van der Waals surface area contributed by atoms with Gasteiger partial charge in [0.2, 0.25) is 0 Å². The fraction of sp³-hybridized carbons (Fsp3) is 0.286. The maximum atomic E-state index is 4.01. The minimum Gasteiger partial charge on any atom is -0.383 e. The maximum Gasteiger partial charge on any atom is 0.0342 e. The summed E-state index contributed by atoms with van der Waals surface area (Å²) in [7, 11) is 0. The summed E-state index contributed by atoms with van der Waals surface area (Å²) < 4.78 is 0. The molecule has 0 fully saturated rings. The molecule has 0 aliphatic heterocycles. The Morgan fingerprint density at radius 2 is 1.53 bits per heavy atom. The van der Waals surface area contributed by atoms with Crippen LogP contribution in [0, 0.1) is 0 Å². The number of nitrogens with one attached hydrogen (secondary N) is 1. The molecule has 0 saturated heterocycles. The molecule has 15 heavy (non-hydrogen) atoms. The Kier molecular flexibility index (Phi) is 3.73. The van der Waals surface area contributed by atoms with E-state index in [1.807, 2.05) is 6.92 Å². The van der Waals surface area contributed by atoms with Gasteiger partial charge in [0.1, 0.15) is 0 Å². The highest BCUT2D eigenvalue weighted by atomic mass is 14.9. The van der Waals surface area contributed by atoms with Gasteiger partial charge in [0.15, 0.2) is 0 Å². The van der Waals surface area contributed by atoms with Gasteiger partial charge in [0.05, 0.1) is 0 Å². The van der Waals surface area contributed by atoms with Crippen molar-refractivity contribution in [3.63, 3.8) is 0 Å². The zero-order valence-electron chi connectivity index (χ0n) is 9.80. The molecule has 0 atom stereocenters. The van der Waals surface area contributed by atoms with E-state index < -0.39 is 0 Å². The van der Waals surface area contributed by atoms with Crippen molar-refractivity contribution in [1.82, 2.24) is 5.32 Å². The van der Waals surface area contributed by atoms with Crippen LogP contribution in [-0.4, -0.2) is 6.04 Å². The molecule has 1 aromatic carbocycles. The van der Waals surface area contributed by atoms with Gasteiger partial charge in [-0.3, -0.25) is 0 Å². The number of rotatable bonds is 4. The highest BCUT2D eigenvalue weighted by Gasteiger charge is 2.00. The van der Waals surface area contributed by atoms with E-state index >= 15 is 0 Å². The van der Waals surface area contributed by atoms with Gasteiger partial charge in [-0.2, -0.15) is 0 Å². The standard InChI is InChI=1S/C14H19N/c1-10(2)13-6-8-14(9-7-13)12(5)15-11(3)4/h6-9,11,15H,1,5H2,2-4H3. The summed E-state index contributed by atoms with van der Waals surface area (Å²) in [5.41, 5.74) is 4.37. The number of benzene rings is 1. The molecule has 0 aliphatic rings. The molecular formula is C14H19N. The minimum atomic E-state index is 0.415. The van der Waals surface area contributed by atoms with Gasteiger partial charge in [0.25, 0.3) is 0 Å². The second-order valence-electron chi connectivity index (χ2n) is 4.14. The van der Waals surface area contributed by atoms with E-state index in [-0.39, 0.29) is 0 Å². The summed E-state index contributed by atoms with van der Waals surface area (Å²) >= 11 is 0. The van der Waals surface area contributed by atoms with Crippen molar-refractivity contribution in [3.8, 4) is 0 Å². The molecule has 0 spiro atoms. The summed E-state index contributed by atoms with van der Waals surface area (Å²) in [6.45, 7) is 14.1. The van der Waals surface area contributed by atoms with Gasteiger partial charge < -0.3 is 5.32 Å². The second-order valence-corrected chi connectivity index (χ2v) is 4.14. The predicted molar refractivity (Wildman–Crippen MR) is 68.5 cm³/mol. The Balaban J connectivity index is 2.80. The van der Waals surface area contributed by atoms with Crippen molar-refractivity contribution in [2.24, 2.45) is 0 Å². The molecule has 0 radical (unpaired) electrons. The Labute approximate surface area is 92.5 Å². The lowest BCUT2D eigenvalue weighted by Gasteiger charge is -2.13. The van der Waals surface area contributed by atoms with E-state index in [1.54, 1.807) is 0 Å². The van der Waals surface area contributed by atoms with E-state index in [0.29, 0.717) is 6.04 Å². The molecule has 0 bridgehead atoms. The summed E-state index contributed by atoms with van der Waals surface area (Å²) in [5, 5.41) is 3.29. The molecule has 1 aromatic rings. The Morgan fingerprint density at radius 1 is 1.07 bits per heavy atom. The molecule has 1 N–H and O–H groups in total. The SMILES string of the molecule is C=C(C)c1ccc(C(=C)NC(C)C)cc1. The molecule has 0 aliphatic carbocycles. The first-order chi connectivity index (χ1) is 7.00. The second kappa shape index (κ2) is 4.83. The third kappa shape index (κ3) is 3.28. The number of allylic oxidation sites excluding steroid dienone is 1. The fourth-order valence-corrected chi connectivity index (χ4v) is 1.39. The maximum absolute atomic E-state index is 4.01. The first kappa shape index (κ1) is 11.6. The molecule has 0 unspecified atom stereocenters. The zero-order valence-corrected chi connectivity index (χ0v) is 9.80. The molecule has 1 rings (SSSR count). The lowest BCUT2D eigenvalue weighted by molar-refractivity contribution is 0.718. The average molecular weight is 201 g/mol. The summed E-state index contributed by atoms with van der Waals surface area (Å²) in [6, 6.07) is 8.71. The topological polar surface area (TPSA) is 12.0 Å². The van der Waals surface area contributed by atoms with Crippen molar-refractivity contribution >= 4 is 11.3 Å². The van der Waals surface area contributed by atoms with E-state index in [0.717, 1.165) is 16.8 Å². The Bertz CT molecular complexity index is 357. The Hall–Kier alpha value is -1.50. The van der Waals surface area contributed by atoms with Crippen molar-refractivity contribution < 1.29 is 0 Å². The molecule has 0 amide bonds. The highest BCUT2D eigenvalue weighted by molar-refractivity contribution is 5.67. The van der Waals surface area contributed by atoms with Gasteiger partial charge in [0, 0.05) is 11.7 Å². The largest absolute Gasteiger partial charge is 0.383 e. The minimum absolute atomic E-state index is 0.415. The lowest BCUT2D eigenvalue weighted by atomic mass is 10.1. The van der Waals surface area contributed by atoms with Crippen molar-refractivity contribution in [1.29, 1.82) is 0 Å². The van der Waals surface area contributed by atoms with Crippen LogP contribution in [0.15, 0.2) is 37.4 Å². The molecule has 0 aromatic heterocycles. The van der Waals surface area contributed by atoms with E-state index in [4.69, 9.17) is 0 Å². The van der Waals surface area contributed by atoms with Crippen LogP contribution in [0.5, 0.6) is 0 Å². The van der Waals surface area contributed by atoms with Gasteiger partial charge in [-0.05, 0) is 31.9 Å². The van der Waals surface area contributed by atoms with Crippen LogP contribution in [0.25, 0.3) is 11.3 Å². The predicted octanol–water partition coefficient (Wildman–Crippen LogP) is 3.69.